The van der Waals surface area contributed by atoms with Gasteiger partial charge >= 0.3 is 0 Å². The van der Waals surface area contributed by atoms with Gasteiger partial charge in [-0.25, -0.2) is 27.6 Å². The lowest BCUT2D eigenvalue weighted by Crippen LogP contribution is -2.48. The summed E-state index contributed by atoms with van der Waals surface area (Å²) < 4.78 is 56.2. The minimum Gasteiger partial charge on any atom is -0.481 e. The van der Waals surface area contributed by atoms with Gasteiger partial charge in [0.1, 0.15) is 11.9 Å². The molecule has 3 aromatic heterocycles. The molecule has 12 nitrogen and oxygen atoms in total. The Labute approximate surface area is 202 Å². The smallest absolute Gasteiger partial charge is 0.291 e. The van der Waals surface area contributed by atoms with Gasteiger partial charge in [-0.05, 0) is 25.0 Å². The van der Waals surface area contributed by atoms with Crippen LogP contribution in [0.4, 0.5) is 14.5 Å². The second-order valence-electron chi connectivity index (χ2n) is 7.57. The van der Waals surface area contributed by atoms with Gasteiger partial charge in [0.05, 0.1) is 30.2 Å². The number of nitrogens with zero attached hydrogens (tertiary/aromatic N) is 7. The van der Waals surface area contributed by atoms with Gasteiger partial charge in [-0.1, -0.05) is 11.3 Å². The number of anilines is 1. The van der Waals surface area contributed by atoms with Crippen LogP contribution in [0.3, 0.4) is 0 Å². The van der Waals surface area contributed by atoms with Crippen molar-refractivity contribution in [2.45, 2.75) is 24.8 Å². The van der Waals surface area contributed by atoms with Crippen LogP contribution in [0.25, 0.3) is 27.3 Å². The molecule has 1 unspecified atom stereocenters. The number of hydrogen-bond donors (Lipinski definition) is 2. The van der Waals surface area contributed by atoms with E-state index in [0.717, 1.165) is 4.31 Å². The van der Waals surface area contributed by atoms with Crippen LogP contribution in [0.15, 0.2) is 30.7 Å². The van der Waals surface area contributed by atoms with Gasteiger partial charge < -0.3 is 10.5 Å². The molecule has 3 heterocycles. The molecule has 1 saturated carbocycles. The van der Waals surface area contributed by atoms with E-state index in [2.05, 4.69) is 25.3 Å². The summed E-state index contributed by atoms with van der Waals surface area (Å²) in [4.78, 5) is 20.5. The molecule has 4 aromatic rings. The average molecular weight is 523 g/mol. The number of ether oxygens (including phenoxy) is 1. The Morgan fingerprint density at radius 3 is 2.69 bits per heavy atom. The van der Waals surface area contributed by atoms with Crippen LogP contribution in [0.1, 0.15) is 24.3 Å². The minimum atomic E-state index is -2.81. The molecule has 35 heavy (non-hydrogen) atoms. The number of halogens is 2. The number of carbonyl (C=O) groups is 1. The van der Waals surface area contributed by atoms with Crippen molar-refractivity contribution in [3.63, 3.8) is 0 Å². The van der Waals surface area contributed by atoms with Crippen molar-refractivity contribution in [1.82, 2.24) is 29.9 Å². The lowest BCUT2D eigenvalue weighted by atomic mass is 10.0. The molecule has 1 atom stereocenters. The molecule has 0 bridgehead atoms. The van der Waals surface area contributed by atoms with Crippen molar-refractivity contribution in [2.75, 3.05) is 11.4 Å². The number of nitrogens with two attached hydrogens (primary N) is 1. The first kappa shape index (κ1) is 23.1. The van der Waals surface area contributed by atoms with E-state index in [4.69, 9.17) is 10.5 Å². The fourth-order valence-corrected chi connectivity index (χ4v) is 5.28. The Morgan fingerprint density at radius 1 is 1.31 bits per heavy atom. The Bertz CT molecular complexity index is 1470. The van der Waals surface area contributed by atoms with Crippen molar-refractivity contribution in [3.8, 4) is 22.3 Å². The van der Waals surface area contributed by atoms with Crippen molar-refractivity contribution >= 4 is 45.1 Å². The number of rotatable bonds is 8. The molecule has 0 radical (unpaired) electrons. The first-order valence-electron chi connectivity index (χ1n) is 9.96. The standard InChI is InChI=1S/C19H16F2N8O4S2/c1-33-14-6-12(23-8-24-14)10-4-9(29(35(31)32)19(2-3-19)17(22)30)5-13-11(10)7-25-28(13)18-27-26-16(34-18)15(20)21/h4-8,15H,2-3H2,1H3,(H2,22,30)(H,31,32). The van der Waals surface area contributed by atoms with E-state index in [9.17, 15) is 22.3 Å². The molecule has 0 aliphatic heterocycles. The number of hydrogen-bond acceptors (Lipinski definition) is 9. The van der Waals surface area contributed by atoms with Crippen LogP contribution in [-0.4, -0.2) is 57.3 Å². The number of fused-ring (bicyclic) bond motifs is 1. The molecule has 1 amide bonds. The summed E-state index contributed by atoms with van der Waals surface area (Å²) in [6, 6.07) is 4.62. The number of aromatic nitrogens is 6. The number of carbonyl (C=O) groups excluding carboxylic acids is 1. The van der Waals surface area contributed by atoms with Crippen LogP contribution in [0.5, 0.6) is 5.88 Å². The third-order valence-electron chi connectivity index (χ3n) is 5.56. The molecule has 1 aliphatic carbocycles. The molecule has 3 N–H and O–H groups in total. The maximum atomic E-state index is 13.1. The maximum absolute atomic E-state index is 13.1. The highest BCUT2D eigenvalue weighted by Crippen LogP contribution is 2.46. The summed E-state index contributed by atoms with van der Waals surface area (Å²) in [5.41, 5.74) is 5.60. The molecule has 5 rings (SSSR count). The highest BCUT2D eigenvalue weighted by Gasteiger charge is 2.56. The summed E-state index contributed by atoms with van der Waals surface area (Å²) in [5, 5.41) is 11.7. The fraction of sp³-hybridized carbons (Fsp3) is 0.263. The third-order valence-corrected chi connectivity index (χ3v) is 7.34. The second kappa shape index (κ2) is 8.54. The lowest BCUT2D eigenvalue weighted by Gasteiger charge is -2.28. The first-order valence-corrected chi connectivity index (χ1v) is 11.8. The predicted molar refractivity (Wildman–Crippen MR) is 121 cm³/mol. The second-order valence-corrected chi connectivity index (χ2v) is 9.39. The van der Waals surface area contributed by atoms with Crippen molar-refractivity contribution in [3.05, 3.63) is 35.7 Å². The first-order chi connectivity index (χ1) is 16.7. The zero-order valence-corrected chi connectivity index (χ0v) is 19.5. The van der Waals surface area contributed by atoms with E-state index >= 15 is 0 Å². The van der Waals surface area contributed by atoms with Crippen LogP contribution in [0, 0.1) is 0 Å². The third kappa shape index (κ3) is 3.88. The zero-order chi connectivity index (χ0) is 24.9. The van der Waals surface area contributed by atoms with E-state index in [-0.39, 0.29) is 29.5 Å². The average Bonchev–Trinajstić information content (AvgIpc) is 3.27. The normalized spacial score (nSPS) is 15.3. The number of primary amides is 1. The van der Waals surface area contributed by atoms with Crippen molar-refractivity contribution in [1.29, 1.82) is 0 Å². The van der Waals surface area contributed by atoms with Crippen molar-refractivity contribution < 1.29 is 27.1 Å². The SMILES string of the molecule is COc1cc(-c2cc(N(S(=O)O)C3(C(N)=O)CC3)cc3c2cnn3-c2nnc(C(F)F)s2)ncn1. The minimum absolute atomic E-state index is 0.0615. The van der Waals surface area contributed by atoms with Crippen LogP contribution in [0.2, 0.25) is 0 Å². The van der Waals surface area contributed by atoms with Crippen LogP contribution in [-0.2, 0) is 16.1 Å². The predicted octanol–water partition coefficient (Wildman–Crippen LogP) is 2.24. The fourth-order valence-electron chi connectivity index (χ4n) is 3.75. The number of benzene rings is 1. The van der Waals surface area contributed by atoms with Gasteiger partial charge in [0, 0.05) is 17.0 Å². The van der Waals surface area contributed by atoms with E-state index < -0.39 is 34.1 Å². The topological polar surface area (TPSA) is 162 Å². The Kier molecular flexibility index (Phi) is 5.65. The molecule has 0 saturated heterocycles. The molecular formula is C19H16F2N8O4S2. The summed E-state index contributed by atoms with van der Waals surface area (Å²) in [6.07, 6.45) is 0.534. The summed E-state index contributed by atoms with van der Waals surface area (Å²) >= 11 is -1.97. The molecule has 0 spiro atoms. The highest BCUT2D eigenvalue weighted by molar-refractivity contribution is 7.80. The molecule has 182 valence electrons. The maximum Gasteiger partial charge on any atom is 0.291 e. The Hall–Kier alpha value is -3.63. The summed E-state index contributed by atoms with van der Waals surface area (Å²) in [6.45, 7) is 0. The van der Waals surface area contributed by atoms with Crippen LogP contribution < -0.4 is 14.8 Å². The van der Waals surface area contributed by atoms with E-state index in [0.29, 0.717) is 33.5 Å². The molecular weight excluding hydrogens is 506 g/mol. The van der Waals surface area contributed by atoms with E-state index in [1.165, 1.54) is 30.4 Å². The quantitative estimate of drug-likeness (QED) is 0.330. The van der Waals surface area contributed by atoms with Gasteiger partial charge in [0.2, 0.25) is 16.9 Å². The lowest BCUT2D eigenvalue weighted by molar-refractivity contribution is -0.119. The monoisotopic (exact) mass is 522 g/mol. The molecule has 1 aromatic carbocycles. The number of alkyl halides is 2. The Morgan fingerprint density at radius 2 is 2.09 bits per heavy atom. The summed E-state index contributed by atoms with van der Waals surface area (Å²) in [7, 11) is 1.44. The van der Waals surface area contributed by atoms with Gasteiger partial charge in [-0.2, -0.15) is 5.10 Å². The zero-order valence-electron chi connectivity index (χ0n) is 17.8. The van der Waals surface area contributed by atoms with Gasteiger partial charge in [-0.3, -0.25) is 13.7 Å². The van der Waals surface area contributed by atoms with E-state index in [1.54, 1.807) is 12.1 Å². The van der Waals surface area contributed by atoms with Crippen LogP contribution >= 0.6 is 11.3 Å². The molecule has 16 heteroatoms. The van der Waals surface area contributed by atoms with Gasteiger partial charge in [0.25, 0.3) is 17.7 Å². The highest BCUT2D eigenvalue weighted by atomic mass is 32.2. The molecule has 1 fully saturated rings. The Balaban J connectivity index is 1.77. The van der Waals surface area contributed by atoms with Crippen molar-refractivity contribution in [2.24, 2.45) is 5.73 Å². The van der Waals surface area contributed by atoms with Gasteiger partial charge in [-0.15, -0.1) is 10.2 Å². The van der Waals surface area contributed by atoms with Gasteiger partial charge in [0.15, 0.2) is 5.01 Å². The molecule has 1 aliphatic rings. The number of amides is 1. The summed E-state index contributed by atoms with van der Waals surface area (Å²) in [5.74, 6) is -0.477. The number of methoxy groups -OCH3 is 1. The van der Waals surface area contributed by atoms with E-state index in [1.807, 2.05) is 0 Å². The largest absolute Gasteiger partial charge is 0.481 e.